The Balaban J connectivity index is 2.56. The zero-order valence-electron chi connectivity index (χ0n) is 5.36. The molecule has 0 radical (unpaired) electrons. The highest BCUT2D eigenvalue weighted by molar-refractivity contribution is 7.73. The predicted octanol–water partition coefficient (Wildman–Crippen LogP) is -0.983. The van der Waals surface area contributed by atoms with Crippen molar-refractivity contribution >= 4 is 11.3 Å². The maximum Gasteiger partial charge on any atom is 0.182 e. The molecule has 1 unspecified atom stereocenters. The third kappa shape index (κ3) is 1.53. The van der Waals surface area contributed by atoms with Crippen LogP contribution in [-0.4, -0.2) is 44.3 Å². The molecule has 1 aliphatic rings. The molecular formula is C4H9NO4S. The van der Waals surface area contributed by atoms with E-state index in [9.17, 15) is 14.0 Å². The first-order valence-electron chi connectivity index (χ1n) is 2.93. The van der Waals surface area contributed by atoms with E-state index in [2.05, 4.69) is 0 Å². The Bertz CT molecular complexity index is 144. The van der Waals surface area contributed by atoms with Crippen molar-refractivity contribution in [3.05, 3.63) is 0 Å². The molecule has 1 aliphatic heterocycles. The summed E-state index contributed by atoms with van der Waals surface area (Å²) in [4.78, 5) is 0. The molecule has 60 valence electrons. The van der Waals surface area contributed by atoms with Crippen LogP contribution >= 0.6 is 0 Å². The molecule has 0 aromatic rings. The molecule has 1 saturated heterocycles. The first-order valence-corrected chi connectivity index (χ1v) is 3.96. The largest absolute Gasteiger partial charge is 0.722 e. The summed E-state index contributed by atoms with van der Waals surface area (Å²) in [6, 6.07) is 0. The SMILES string of the molecule is O=S([O-])[N+]1(O)CCOCC1. The van der Waals surface area contributed by atoms with Crippen LogP contribution in [0.5, 0.6) is 0 Å². The van der Waals surface area contributed by atoms with E-state index in [1.807, 2.05) is 0 Å². The fraction of sp³-hybridized carbons (Fsp3) is 1.00. The van der Waals surface area contributed by atoms with E-state index in [0.29, 0.717) is 13.2 Å². The van der Waals surface area contributed by atoms with Crippen molar-refractivity contribution in [2.24, 2.45) is 0 Å². The molecule has 1 N–H and O–H groups in total. The van der Waals surface area contributed by atoms with Crippen molar-refractivity contribution in [1.82, 2.24) is 0 Å². The van der Waals surface area contributed by atoms with Gasteiger partial charge in [0.25, 0.3) is 0 Å². The van der Waals surface area contributed by atoms with Crippen LogP contribution in [0.4, 0.5) is 0 Å². The van der Waals surface area contributed by atoms with Gasteiger partial charge in [0.1, 0.15) is 26.3 Å². The Hall–Kier alpha value is -0.0100. The monoisotopic (exact) mass is 167 g/mol. The summed E-state index contributed by atoms with van der Waals surface area (Å²) in [5, 5.41) is 9.19. The minimum atomic E-state index is -2.45. The Labute approximate surface area is 61.2 Å². The lowest BCUT2D eigenvalue weighted by atomic mass is 10.5. The first kappa shape index (κ1) is 8.09. The molecule has 1 atom stereocenters. The van der Waals surface area contributed by atoms with Gasteiger partial charge < -0.3 is 9.29 Å². The molecule has 10 heavy (non-hydrogen) atoms. The van der Waals surface area contributed by atoms with Crippen LogP contribution in [0.15, 0.2) is 0 Å². The minimum Gasteiger partial charge on any atom is -0.722 e. The lowest BCUT2D eigenvalue weighted by Crippen LogP contribution is -2.53. The van der Waals surface area contributed by atoms with Gasteiger partial charge in [-0.2, -0.15) is 0 Å². The Morgan fingerprint density at radius 2 is 2.00 bits per heavy atom. The van der Waals surface area contributed by atoms with Gasteiger partial charge in [-0.3, -0.25) is 0 Å². The van der Waals surface area contributed by atoms with Crippen molar-refractivity contribution in [3.63, 3.8) is 0 Å². The lowest BCUT2D eigenvalue weighted by Gasteiger charge is -2.32. The van der Waals surface area contributed by atoms with Gasteiger partial charge in [-0.1, -0.05) is 0 Å². The fourth-order valence-electron chi connectivity index (χ4n) is 0.777. The van der Waals surface area contributed by atoms with Crippen molar-refractivity contribution < 1.29 is 22.8 Å². The van der Waals surface area contributed by atoms with Crippen LogP contribution in [0.2, 0.25) is 0 Å². The van der Waals surface area contributed by atoms with E-state index >= 15 is 0 Å². The highest BCUT2D eigenvalue weighted by atomic mass is 32.2. The maximum absolute atomic E-state index is 10.3. The molecule has 0 spiro atoms. The smallest absolute Gasteiger partial charge is 0.182 e. The first-order chi connectivity index (χ1) is 4.65. The molecule has 1 heterocycles. The van der Waals surface area contributed by atoms with Gasteiger partial charge >= 0.3 is 0 Å². The van der Waals surface area contributed by atoms with Gasteiger partial charge in [0.2, 0.25) is 0 Å². The Morgan fingerprint density at radius 3 is 2.30 bits per heavy atom. The van der Waals surface area contributed by atoms with Gasteiger partial charge in [-0.15, -0.1) is 4.05 Å². The second kappa shape index (κ2) is 2.93. The van der Waals surface area contributed by atoms with Crippen LogP contribution in [0.1, 0.15) is 0 Å². The van der Waals surface area contributed by atoms with E-state index in [1.165, 1.54) is 0 Å². The summed E-state index contributed by atoms with van der Waals surface area (Å²) in [7, 11) is 0. The number of hydrogen-bond donors (Lipinski definition) is 1. The van der Waals surface area contributed by atoms with Gasteiger partial charge in [0.05, 0.1) is 0 Å². The molecule has 1 fully saturated rings. The fourth-order valence-corrected chi connectivity index (χ4v) is 1.22. The lowest BCUT2D eigenvalue weighted by molar-refractivity contribution is -1.01. The van der Waals surface area contributed by atoms with Gasteiger partial charge in [0, 0.05) is 0 Å². The van der Waals surface area contributed by atoms with E-state index < -0.39 is 15.3 Å². The molecular weight excluding hydrogens is 158 g/mol. The molecule has 1 rings (SSSR count). The standard InChI is InChI=1S/C4H9NO4S/c6-5(10(7)8)1-3-9-4-2-5/h6H,1-4H2. The second-order valence-corrected chi connectivity index (χ2v) is 3.24. The van der Waals surface area contributed by atoms with Gasteiger partial charge in [-0.05, 0) is 0 Å². The van der Waals surface area contributed by atoms with Gasteiger partial charge in [-0.25, -0.2) is 9.42 Å². The highest BCUT2D eigenvalue weighted by Gasteiger charge is 2.30. The average Bonchev–Trinajstić information content (AvgIpc) is 1.89. The van der Waals surface area contributed by atoms with Crippen LogP contribution in [0.25, 0.3) is 0 Å². The number of quaternary nitrogens is 1. The molecule has 5 nitrogen and oxygen atoms in total. The van der Waals surface area contributed by atoms with E-state index in [0.717, 1.165) is 0 Å². The molecule has 6 heteroatoms. The molecule has 0 saturated carbocycles. The number of morpholine rings is 1. The van der Waals surface area contributed by atoms with Crippen LogP contribution in [0, 0.1) is 0 Å². The normalized spacial score (nSPS) is 27.8. The van der Waals surface area contributed by atoms with Crippen LogP contribution in [-0.2, 0) is 16.0 Å². The zero-order valence-corrected chi connectivity index (χ0v) is 6.17. The number of hydroxylamine groups is 2. The third-order valence-electron chi connectivity index (χ3n) is 1.45. The van der Waals surface area contributed by atoms with Crippen molar-refractivity contribution in [1.29, 1.82) is 0 Å². The predicted molar refractivity (Wildman–Crippen MR) is 31.5 cm³/mol. The number of ether oxygens (including phenoxy) is 1. The summed E-state index contributed by atoms with van der Waals surface area (Å²) >= 11 is -2.45. The van der Waals surface area contributed by atoms with E-state index in [1.54, 1.807) is 0 Å². The van der Waals surface area contributed by atoms with E-state index in [-0.39, 0.29) is 13.1 Å². The van der Waals surface area contributed by atoms with Gasteiger partial charge in [0.15, 0.2) is 11.3 Å². The summed E-state index contributed by atoms with van der Waals surface area (Å²) < 4.78 is 24.6. The Kier molecular flexibility index (Phi) is 2.37. The highest BCUT2D eigenvalue weighted by Crippen LogP contribution is 2.08. The molecule has 0 aromatic carbocycles. The molecule has 0 aliphatic carbocycles. The van der Waals surface area contributed by atoms with Crippen molar-refractivity contribution in [2.45, 2.75) is 0 Å². The number of hydrogen-bond acceptors (Lipinski definition) is 4. The molecule has 0 aromatic heterocycles. The quantitative estimate of drug-likeness (QED) is 0.402. The maximum atomic E-state index is 10.3. The number of nitrogens with zero attached hydrogens (tertiary/aromatic N) is 1. The second-order valence-electron chi connectivity index (χ2n) is 2.12. The summed E-state index contributed by atoms with van der Waals surface area (Å²) in [6.07, 6.45) is 0. The molecule has 0 amide bonds. The van der Waals surface area contributed by atoms with Crippen LogP contribution in [0.3, 0.4) is 0 Å². The van der Waals surface area contributed by atoms with Crippen molar-refractivity contribution in [3.8, 4) is 0 Å². The number of rotatable bonds is 1. The summed E-state index contributed by atoms with van der Waals surface area (Å²) in [5.74, 6) is 0. The molecule has 0 bridgehead atoms. The summed E-state index contributed by atoms with van der Waals surface area (Å²) in [5.41, 5.74) is 0. The third-order valence-corrected chi connectivity index (χ3v) is 2.37. The zero-order chi connectivity index (χ0) is 7.61. The van der Waals surface area contributed by atoms with Crippen molar-refractivity contribution in [2.75, 3.05) is 26.3 Å². The Morgan fingerprint density at radius 1 is 1.50 bits per heavy atom. The average molecular weight is 167 g/mol. The topological polar surface area (TPSA) is 69.6 Å². The van der Waals surface area contributed by atoms with E-state index in [4.69, 9.17) is 4.74 Å². The minimum absolute atomic E-state index is 0.121. The summed E-state index contributed by atoms with van der Waals surface area (Å²) in [6.45, 7) is 0.835. The van der Waals surface area contributed by atoms with Crippen LogP contribution < -0.4 is 0 Å².